The normalized spacial score (nSPS) is 10.7. The molecule has 0 aromatic carbocycles. The van der Waals surface area contributed by atoms with Gasteiger partial charge in [-0.05, 0) is 0 Å². The van der Waals surface area contributed by atoms with Crippen LogP contribution < -0.4 is 9.01 Å². The molecule has 4 nitrogen and oxygen atoms in total. The molecule has 64 valence electrons. The molecule has 12 heavy (non-hydrogen) atoms. The number of hydrogen-bond donors (Lipinski definition) is 0. The summed E-state index contributed by atoms with van der Waals surface area (Å²) in [7, 11) is -3.65. The zero-order chi connectivity index (χ0) is 9.03. The molecule has 0 atom stereocenters. The van der Waals surface area contributed by atoms with Crippen molar-refractivity contribution in [2.75, 3.05) is 0 Å². The van der Waals surface area contributed by atoms with Gasteiger partial charge in [-0.25, -0.2) is 0 Å². The Bertz CT molecular complexity index is 357. The van der Waals surface area contributed by atoms with E-state index in [2.05, 4.69) is 10.9 Å². The molecule has 0 aliphatic heterocycles. The van der Waals surface area contributed by atoms with E-state index in [4.69, 9.17) is 0 Å². The highest BCUT2D eigenvalue weighted by Gasteiger charge is 2.11. The zero-order valence-corrected chi connectivity index (χ0v) is 7.07. The van der Waals surface area contributed by atoms with Crippen LogP contribution in [0.25, 0.3) is 0 Å². The van der Waals surface area contributed by atoms with Crippen LogP contribution in [0.3, 0.4) is 0 Å². The average Bonchev–Trinajstić information content (AvgIpc) is 2.06. The van der Waals surface area contributed by atoms with E-state index in [1.54, 1.807) is 18.2 Å². The highest BCUT2D eigenvalue weighted by molar-refractivity contribution is 7.89. The van der Waals surface area contributed by atoms with Gasteiger partial charge in [-0.2, -0.15) is 8.42 Å². The number of rotatable bonds is 3. The van der Waals surface area contributed by atoms with Crippen molar-refractivity contribution >= 4 is 10.1 Å². The van der Waals surface area contributed by atoms with Crippen molar-refractivity contribution in [2.45, 2.75) is 0 Å². The summed E-state index contributed by atoms with van der Waals surface area (Å²) in [5, 5.41) is 0.743. The van der Waals surface area contributed by atoms with Gasteiger partial charge in [0.15, 0.2) is 0 Å². The molecule has 0 aliphatic rings. The lowest BCUT2D eigenvalue weighted by Crippen LogP contribution is -2.44. The summed E-state index contributed by atoms with van der Waals surface area (Å²) < 4.78 is 27.2. The third-order valence-electron chi connectivity index (χ3n) is 1.08. The predicted octanol–water partition coefficient (Wildman–Crippen LogP) is -0.124. The van der Waals surface area contributed by atoms with E-state index in [-0.39, 0.29) is 0 Å². The van der Waals surface area contributed by atoms with Gasteiger partial charge in [0.2, 0.25) is 12.4 Å². The molecule has 0 saturated heterocycles. The Morgan fingerprint density at radius 3 is 2.33 bits per heavy atom. The van der Waals surface area contributed by atoms with Crippen LogP contribution in [0, 0.1) is 0 Å². The molecule has 0 N–H and O–H groups in total. The Morgan fingerprint density at radius 2 is 1.83 bits per heavy atom. The second kappa shape index (κ2) is 3.36. The van der Waals surface area contributed by atoms with Gasteiger partial charge < -0.3 is 0 Å². The molecule has 0 unspecified atom stereocenters. The predicted molar refractivity (Wildman–Crippen MR) is 42.3 cm³/mol. The first-order valence-corrected chi connectivity index (χ1v) is 4.65. The van der Waals surface area contributed by atoms with Crippen molar-refractivity contribution in [2.24, 2.45) is 0 Å². The van der Waals surface area contributed by atoms with Crippen molar-refractivity contribution in [3.8, 4) is 0 Å². The number of aromatic nitrogens is 1. The van der Waals surface area contributed by atoms with Crippen molar-refractivity contribution in [3.05, 3.63) is 42.6 Å². The molecule has 1 rings (SSSR count). The molecule has 0 fully saturated rings. The van der Waals surface area contributed by atoms with Gasteiger partial charge >= 0.3 is 10.1 Å². The van der Waals surface area contributed by atoms with Crippen molar-refractivity contribution in [1.29, 1.82) is 0 Å². The lowest BCUT2D eigenvalue weighted by molar-refractivity contribution is -0.856. The molecule has 0 amide bonds. The Balaban J connectivity index is 2.85. The van der Waals surface area contributed by atoms with Gasteiger partial charge in [-0.3, -0.25) is 0 Å². The van der Waals surface area contributed by atoms with Crippen LogP contribution in [0.5, 0.6) is 0 Å². The maximum absolute atomic E-state index is 10.8. The Hall–Kier alpha value is -1.36. The van der Waals surface area contributed by atoms with Crippen molar-refractivity contribution < 1.29 is 17.4 Å². The molecule has 0 bridgehead atoms. The first-order chi connectivity index (χ1) is 5.64. The Morgan fingerprint density at radius 1 is 1.25 bits per heavy atom. The number of hydrogen-bond acceptors (Lipinski definition) is 3. The van der Waals surface area contributed by atoms with E-state index in [0.29, 0.717) is 0 Å². The number of pyridine rings is 1. The summed E-state index contributed by atoms with van der Waals surface area (Å²) in [6, 6.07) is 5.05. The minimum atomic E-state index is -3.65. The highest BCUT2D eigenvalue weighted by atomic mass is 32.2. The van der Waals surface area contributed by atoms with Crippen LogP contribution >= 0.6 is 0 Å². The van der Waals surface area contributed by atoms with Gasteiger partial charge in [0.25, 0.3) is 0 Å². The third kappa shape index (κ3) is 2.35. The minimum absolute atomic E-state index is 0.743. The second-order valence-electron chi connectivity index (χ2n) is 1.97. The first-order valence-electron chi connectivity index (χ1n) is 3.18. The highest BCUT2D eigenvalue weighted by Crippen LogP contribution is 1.83. The summed E-state index contributed by atoms with van der Waals surface area (Å²) in [6.45, 7) is 3.10. The summed E-state index contributed by atoms with van der Waals surface area (Å²) in [5.41, 5.74) is 0. The van der Waals surface area contributed by atoms with Crippen molar-refractivity contribution in [3.63, 3.8) is 0 Å². The lowest BCUT2D eigenvalue weighted by Gasteiger charge is -1.91. The molecular formula is C7H8NO3S+. The summed E-state index contributed by atoms with van der Waals surface area (Å²) in [6.07, 6.45) is 2.95. The standard InChI is InChI=1S/C7H8NO3S/c1-2-12(9,10)11-8-6-4-3-5-7-8/h2-7H,1H2/q+1. The van der Waals surface area contributed by atoms with Crippen LogP contribution in [0.4, 0.5) is 0 Å². The SMILES string of the molecule is C=CS(=O)(=O)O[n+]1ccccc1. The van der Waals surface area contributed by atoms with Crippen molar-refractivity contribution in [1.82, 2.24) is 0 Å². The molecule has 1 heterocycles. The molecular weight excluding hydrogens is 178 g/mol. The third-order valence-corrected chi connectivity index (χ3v) is 1.87. The topological polar surface area (TPSA) is 47.3 Å². The Kier molecular flexibility index (Phi) is 2.44. The zero-order valence-electron chi connectivity index (χ0n) is 6.25. The van der Waals surface area contributed by atoms with Gasteiger partial charge in [-0.15, -0.1) is 4.28 Å². The van der Waals surface area contributed by atoms with E-state index >= 15 is 0 Å². The minimum Gasteiger partial charge on any atom is -0.176 e. The maximum atomic E-state index is 10.8. The molecule has 0 radical (unpaired) electrons. The lowest BCUT2D eigenvalue weighted by atomic mass is 10.5. The maximum Gasteiger partial charge on any atom is 0.388 e. The fourth-order valence-electron chi connectivity index (χ4n) is 0.583. The number of nitrogens with zero attached hydrogens (tertiary/aromatic N) is 1. The van der Waals surface area contributed by atoms with E-state index < -0.39 is 10.1 Å². The van der Waals surface area contributed by atoms with Crippen LogP contribution in [0.15, 0.2) is 42.6 Å². The van der Waals surface area contributed by atoms with Crippen LogP contribution in [0.1, 0.15) is 0 Å². The summed E-state index contributed by atoms with van der Waals surface area (Å²) in [5.74, 6) is 0. The second-order valence-corrected chi connectivity index (χ2v) is 3.44. The van der Waals surface area contributed by atoms with Crippen LogP contribution in [0.2, 0.25) is 0 Å². The summed E-state index contributed by atoms with van der Waals surface area (Å²) in [4.78, 5) is 0. The summed E-state index contributed by atoms with van der Waals surface area (Å²) >= 11 is 0. The molecule has 0 aliphatic carbocycles. The largest absolute Gasteiger partial charge is 0.388 e. The first kappa shape index (κ1) is 8.73. The van der Waals surface area contributed by atoms with Gasteiger partial charge in [-0.1, -0.05) is 12.6 Å². The fourth-order valence-corrected chi connectivity index (χ4v) is 0.983. The Labute approximate surface area is 70.8 Å². The van der Waals surface area contributed by atoms with E-state index in [9.17, 15) is 8.42 Å². The molecule has 1 aromatic rings. The van der Waals surface area contributed by atoms with Gasteiger partial charge in [0.1, 0.15) is 0 Å². The van der Waals surface area contributed by atoms with Gasteiger partial charge in [0, 0.05) is 16.9 Å². The van der Waals surface area contributed by atoms with Gasteiger partial charge in [0.05, 0.1) is 5.41 Å². The van der Waals surface area contributed by atoms with Crippen LogP contribution in [-0.2, 0) is 10.1 Å². The average molecular weight is 186 g/mol. The molecule has 1 aromatic heterocycles. The fraction of sp³-hybridized carbons (Fsp3) is 0. The molecule has 0 saturated carbocycles. The van der Waals surface area contributed by atoms with Crippen LogP contribution in [-0.4, -0.2) is 8.42 Å². The monoisotopic (exact) mass is 186 g/mol. The van der Waals surface area contributed by atoms with E-state index in [0.717, 1.165) is 10.1 Å². The molecule has 0 spiro atoms. The quantitative estimate of drug-likeness (QED) is 0.618. The smallest absolute Gasteiger partial charge is 0.176 e. The van der Waals surface area contributed by atoms with E-state index in [1.165, 1.54) is 12.4 Å². The molecule has 5 heteroatoms. The van der Waals surface area contributed by atoms with E-state index in [1.807, 2.05) is 0 Å².